The highest BCUT2D eigenvalue weighted by Crippen LogP contribution is 2.19. The van der Waals surface area contributed by atoms with E-state index in [1.54, 1.807) is 0 Å². The van der Waals surface area contributed by atoms with Crippen LogP contribution in [-0.4, -0.2) is 22.5 Å². The first kappa shape index (κ1) is 18.4. The lowest BCUT2D eigenvalue weighted by atomic mass is 9.97. The van der Waals surface area contributed by atoms with E-state index in [1.807, 2.05) is 0 Å². The zero-order valence-electron chi connectivity index (χ0n) is 15.3. The largest absolute Gasteiger partial charge is 0.288 e. The fourth-order valence-electron chi connectivity index (χ4n) is 2.92. The molecule has 0 aliphatic heterocycles. The van der Waals surface area contributed by atoms with E-state index in [0.29, 0.717) is 0 Å². The van der Waals surface area contributed by atoms with E-state index in [9.17, 15) is 0 Å². The normalized spacial score (nSPS) is 19.9. The van der Waals surface area contributed by atoms with Crippen molar-refractivity contribution in [2.45, 2.75) is 110 Å². The summed E-state index contributed by atoms with van der Waals surface area (Å²) in [5.41, 5.74) is 3.18. The van der Waals surface area contributed by atoms with Crippen molar-refractivity contribution in [2.75, 3.05) is 0 Å². The van der Waals surface area contributed by atoms with Crippen LogP contribution in [0.2, 0.25) is 0 Å². The highest BCUT2D eigenvalue weighted by molar-refractivity contribution is 5.86. The SMILES string of the molecule is CC(C)(C)N=C1CCCC1.CC(C)(C)N=C1CCCCC1. The van der Waals surface area contributed by atoms with Crippen LogP contribution in [0.1, 0.15) is 99.3 Å². The van der Waals surface area contributed by atoms with Crippen molar-refractivity contribution in [3.05, 3.63) is 0 Å². The van der Waals surface area contributed by atoms with Gasteiger partial charge in [-0.15, -0.1) is 0 Å². The van der Waals surface area contributed by atoms with Crippen LogP contribution in [0.5, 0.6) is 0 Å². The van der Waals surface area contributed by atoms with Gasteiger partial charge in [-0.2, -0.15) is 0 Å². The van der Waals surface area contributed by atoms with Crippen molar-refractivity contribution < 1.29 is 0 Å². The molecule has 0 spiro atoms. The Labute approximate surface area is 132 Å². The number of hydrogen-bond acceptors (Lipinski definition) is 2. The first-order chi connectivity index (χ1) is 9.66. The first-order valence-corrected chi connectivity index (χ1v) is 8.81. The van der Waals surface area contributed by atoms with E-state index in [0.717, 1.165) is 0 Å². The van der Waals surface area contributed by atoms with E-state index in [4.69, 9.17) is 0 Å². The van der Waals surface area contributed by atoms with Gasteiger partial charge in [-0.25, -0.2) is 0 Å². The van der Waals surface area contributed by atoms with E-state index in [-0.39, 0.29) is 11.1 Å². The lowest BCUT2D eigenvalue weighted by Gasteiger charge is -2.18. The van der Waals surface area contributed by atoms with Crippen molar-refractivity contribution in [3.63, 3.8) is 0 Å². The molecule has 0 radical (unpaired) electrons. The van der Waals surface area contributed by atoms with E-state index in [2.05, 4.69) is 51.5 Å². The maximum atomic E-state index is 4.69. The Morgan fingerprint density at radius 3 is 1.10 bits per heavy atom. The summed E-state index contributed by atoms with van der Waals surface area (Å²) >= 11 is 0. The van der Waals surface area contributed by atoms with Gasteiger partial charge in [0.15, 0.2) is 0 Å². The third-order valence-corrected chi connectivity index (χ3v) is 3.60. The molecule has 0 amide bonds. The molecule has 122 valence electrons. The van der Waals surface area contributed by atoms with Crippen molar-refractivity contribution in [1.29, 1.82) is 0 Å². The summed E-state index contributed by atoms with van der Waals surface area (Å²) in [6, 6.07) is 0. The smallest absolute Gasteiger partial charge is 0.0523 e. The van der Waals surface area contributed by atoms with Gasteiger partial charge in [0.25, 0.3) is 0 Å². The second-order valence-corrected chi connectivity index (χ2v) is 8.47. The molecule has 2 fully saturated rings. The quantitative estimate of drug-likeness (QED) is 0.524. The first-order valence-electron chi connectivity index (χ1n) is 8.81. The summed E-state index contributed by atoms with van der Waals surface area (Å²) in [7, 11) is 0. The second-order valence-electron chi connectivity index (χ2n) is 8.47. The van der Waals surface area contributed by atoms with Gasteiger partial charge in [0.2, 0.25) is 0 Å². The summed E-state index contributed by atoms with van der Waals surface area (Å²) in [6.07, 6.45) is 11.8. The highest BCUT2D eigenvalue weighted by atomic mass is 14.8. The van der Waals surface area contributed by atoms with Crippen LogP contribution in [0.3, 0.4) is 0 Å². The molecular formula is C19H36N2. The summed E-state index contributed by atoms with van der Waals surface area (Å²) < 4.78 is 0. The minimum Gasteiger partial charge on any atom is -0.288 e. The van der Waals surface area contributed by atoms with Crippen molar-refractivity contribution in [2.24, 2.45) is 9.98 Å². The molecule has 0 saturated heterocycles. The molecule has 0 atom stereocenters. The van der Waals surface area contributed by atoms with Crippen LogP contribution in [0, 0.1) is 0 Å². The molecule has 0 N–H and O–H groups in total. The Bertz CT molecular complexity index is 348. The Balaban J connectivity index is 0.000000211. The molecule has 0 aromatic rings. The molecule has 2 aliphatic carbocycles. The highest BCUT2D eigenvalue weighted by Gasteiger charge is 2.13. The molecule has 2 saturated carbocycles. The molecular weight excluding hydrogens is 256 g/mol. The van der Waals surface area contributed by atoms with Gasteiger partial charge in [-0.05, 0) is 92.9 Å². The molecule has 2 nitrogen and oxygen atoms in total. The Kier molecular flexibility index (Phi) is 7.09. The summed E-state index contributed by atoms with van der Waals surface area (Å²) in [5.74, 6) is 0. The predicted octanol–water partition coefficient (Wildman–Crippen LogP) is 5.99. The van der Waals surface area contributed by atoms with E-state index in [1.165, 1.54) is 69.2 Å². The third-order valence-electron chi connectivity index (χ3n) is 3.60. The fraction of sp³-hybridized carbons (Fsp3) is 0.895. The molecule has 0 unspecified atom stereocenters. The molecule has 0 aromatic carbocycles. The van der Waals surface area contributed by atoms with E-state index < -0.39 is 0 Å². The molecule has 2 aliphatic rings. The maximum absolute atomic E-state index is 4.69. The minimum absolute atomic E-state index is 0.146. The average Bonchev–Trinajstić information content (AvgIpc) is 2.79. The summed E-state index contributed by atoms with van der Waals surface area (Å²) in [5, 5.41) is 0. The second kappa shape index (κ2) is 8.10. The van der Waals surface area contributed by atoms with Crippen LogP contribution in [-0.2, 0) is 0 Å². The summed E-state index contributed by atoms with van der Waals surface area (Å²) in [6.45, 7) is 13.0. The van der Waals surface area contributed by atoms with Gasteiger partial charge >= 0.3 is 0 Å². The van der Waals surface area contributed by atoms with Crippen molar-refractivity contribution in [1.82, 2.24) is 0 Å². The standard InChI is InChI=1S/C10H19N.C9H17N/c1-10(2,3)11-9-7-5-4-6-8-9;1-9(2,3)10-8-6-4-5-7-8/h4-8H2,1-3H3;4-7H2,1-3H3. The predicted molar refractivity (Wildman–Crippen MR) is 95.9 cm³/mol. The van der Waals surface area contributed by atoms with Crippen LogP contribution >= 0.6 is 0 Å². The molecule has 2 rings (SSSR count). The minimum atomic E-state index is 0.146. The van der Waals surface area contributed by atoms with Crippen molar-refractivity contribution >= 4 is 11.4 Å². The van der Waals surface area contributed by atoms with Gasteiger partial charge in [0, 0.05) is 11.4 Å². The maximum Gasteiger partial charge on any atom is 0.0523 e. The Hall–Kier alpha value is -0.660. The number of hydrogen-bond donors (Lipinski definition) is 0. The lowest BCUT2D eigenvalue weighted by molar-refractivity contribution is 0.567. The van der Waals surface area contributed by atoms with Crippen molar-refractivity contribution in [3.8, 4) is 0 Å². The van der Waals surface area contributed by atoms with Crippen LogP contribution in [0.25, 0.3) is 0 Å². The molecule has 0 heterocycles. The van der Waals surface area contributed by atoms with Crippen LogP contribution in [0.4, 0.5) is 0 Å². The molecule has 21 heavy (non-hydrogen) atoms. The van der Waals surface area contributed by atoms with Gasteiger partial charge in [0.05, 0.1) is 11.1 Å². The average molecular weight is 293 g/mol. The molecule has 0 bridgehead atoms. The van der Waals surface area contributed by atoms with Gasteiger partial charge < -0.3 is 0 Å². The lowest BCUT2D eigenvalue weighted by Crippen LogP contribution is -2.15. The molecule has 0 aromatic heterocycles. The van der Waals surface area contributed by atoms with Crippen LogP contribution in [0.15, 0.2) is 9.98 Å². The number of rotatable bonds is 0. The Morgan fingerprint density at radius 1 is 0.524 bits per heavy atom. The van der Waals surface area contributed by atoms with Gasteiger partial charge in [-0.1, -0.05) is 6.42 Å². The fourth-order valence-corrected chi connectivity index (χ4v) is 2.92. The topological polar surface area (TPSA) is 24.7 Å². The van der Waals surface area contributed by atoms with Crippen LogP contribution < -0.4 is 0 Å². The van der Waals surface area contributed by atoms with E-state index >= 15 is 0 Å². The summed E-state index contributed by atoms with van der Waals surface area (Å²) in [4.78, 5) is 9.31. The zero-order valence-corrected chi connectivity index (χ0v) is 15.3. The molecule has 2 heteroatoms. The zero-order chi connectivity index (χ0) is 15.9. The Morgan fingerprint density at radius 2 is 0.810 bits per heavy atom. The monoisotopic (exact) mass is 292 g/mol. The number of nitrogens with zero attached hydrogens (tertiary/aromatic N) is 2. The number of aliphatic imine (C=N–C) groups is 2. The third kappa shape index (κ3) is 9.82. The van der Waals surface area contributed by atoms with Gasteiger partial charge in [0.1, 0.15) is 0 Å². The van der Waals surface area contributed by atoms with Gasteiger partial charge in [-0.3, -0.25) is 9.98 Å².